The van der Waals surface area contributed by atoms with E-state index < -0.39 is 0 Å². The minimum Gasteiger partial charge on any atom is -0.381 e. The minimum atomic E-state index is 0.146. The number of likely N-dealkylation sites (tertiary alicyclic amines) is 1. The topological polar surface area (TPSA) is 67.4 Å². The fraction of sp³-hybridized carbons (Fsp3) is 0.750. The second kappa shape index (κ2) is 7.14. The largest absolute Gasteiger partial charge is 0.381 e. The average molecular weight is 358 g/mol. The molecule has 0 aromatic carbocycles. The van der Waals surface area contributed by atoms with Crippen molar-refractivity contribution in [3.8, 4) is 0 Å². The van der Waals surface area contributed by atoms with Crippen molar-refractivity contribution < 1.29 is 9.53 Å². The maximum absolute atomic E-state index is 13.0. The molecular weight excluding hydrogens is 328 g/mol. The highest BCUT2D eigenvalue weighted by molar-refractivity contribution is 5.79. The molecule has 0 spiro atoms. The van der Waals surface area contributed by atoms with Crippen LogP contribution >= 0.6 is 0 Å². The van der Waals surface area contributed by atoms with Crippen LogP contribution in [0, 0.1) is 38.5 Å². The van der Waals surface area contributed by atoms with E-state index in [1.165, 1.54) is 12.8 Å². The molecule has 142 valence electrons. The second-order valence-corrected chi connectivity index (χ2v) is 8.21. The van der Waals surface area contributed by atoms with Gasteiger partial charge in [-0.2, -0.15) is 0 Å². The number of hydrogen-bond acceptors (Lipinski definition) is 5. The smallest absolute Gasteiger partial charge is 0.225 e. The molecule has 26 heavy (non-hydrogen) atoms. The van der Waals surface area contributed by atoms with E-state index in [0.29, 0.717) is 17.9 Å². The molecule has 0 radical (unpaired) electrons. The Morgan fingerprint density at radius 1 is 1.08 bits per heavy atom. The maximum Gasteiger partial charge on any atom is 0.225 e. The Hall–Kier alpha value is -1.69. The van der Waals surface area contributed by atoms with Crippen LogP contribution in [0.25, 0.3) is 0 Å². The van der Waals surface area contributed by atoms with E-state index >= 15 is 0 Å². The van der Waals surface area contributed by atoms with Crippen molar-refractivity contribution in [2.24, 2.45) is 17.8 Å². The van der Waals surface area contributed by atoms with Crippen molar-refractivity contribution >= 4 is 11.7 Å². The van der Waals surface area contributed by atoms with Gasteiger partial charge in [0.25, 0.3) is 0 Å². The van der Waals surface area contributed by atoms with E-state index in [-0.39, 0.29) is 5.92 Å². The van der Waals surface area contributed by atoms with Gasteiger partial charge in [-0.3, -0.25) is 4.79 Å². The number of anilines is 1. The molecule has 1 aromatic rings. The molecule has 1 aromatic heterocycles. The first-order valence-electron chi connectivity index (χ1n) is 9.98. The van der Waals surface area contributed by atoms with Crippen LogP contribution < -0.4 is 5.32 Å². The maximum atomic E-state index is 13.0. The summed E-state index contributed by atoms with van der Waals surface area (Å²) in [5.41, 5.74) is 2.13. The first kappa shape index (κ1) is 17.7. The van der Waals surface area contributed by atoms with Gasteiger partial charge in [-0.25, -0.2) is 9.97 Å². The minimum absolute atomic E-state index is 0.146. The van der Waals surface area contributed by atoms with Crippen LogP contribution in [0.2, 0.25) is 0 Å². The molecular formula is C20H30N4O2. The number of aromatic nitrogens is 2. The van der Waals surface area contributed by atoms with Gasteiger partial charge in [-0.15, -0.1) is 0 Å². The molecule has 2 aliphatic heterocycles. The van der Waals surface area contributed by atoms with Crippen LogP contribution in [-0.4, -0.2) is 53.1 Å². The third-order valence-electron chi connectivity index (χ3n) is 6.30. The fourth-order valence-corrected chi connectivity index (χ4v) is 4.45. The Morgan fingerprint density at radius 3 is 2.50 bits per heavy atom. The number of carbonyl (C=O) groups excluding carboxylic acids is 1. The molecule has 3 heterocycles. The lowest BCUT2D eigenvalue weighted by atomic mass is 9.97. The van der Waals surface area contributed by atoms with Gasteiger partial charge in [-0.1, -0.05) is 0 Å². The normalized spacial score (nSPS) is 27.0. The molecule has 0 bridgehead atoms. The fourth-order valence-electron chi connectivity index (χ4n) is 4.45. The Morgan fingerprint density at radius 2 is 1.81 bits per heavy atom. The van der Waals surface area contributed by atoms with Crippen LogP contribution in [0.5, 0.6) is 0 Å². The first-order valence-corrected chi connectivity index (χ1v) is 9.98. The Labute approximate surface area is 155 Å². The molecule has 3 aliphatic rings. The van der Waals surface area contributed by atoms with Gasteiger partial charge in [0.2, 0.25) is 5.91 Å². The van der Waals surface area contributed by atoms with Crippen LogP contribution in [0.4, 0.5) is 5.82 Å². The molecule has 6 heteroatoms. The van der Waals surface area contributed by atoms with Gasteiger partial charge in [0.05, 0.1) is 0 Å². The lowest BCUT2D eigenvalue weighted by Crippen LogP contribution is -2.38. The molecule has 3 fully saturated rings. The van der Waals surface area contributed by atoms with Crippen molar-refractivity contribution in [3.63, 3.8) is 0 Å². The van der Waals surface area contributed by atoms with Crippen LogP contribution in [0.3, 0.4) is 0 Å². The van der Waals surface area contributed by atoms with Crippen molar-refractivity contribution in [3.05, 3.63) is 17.1 Å². The monoisotopic (exact) mass is 358 g/mol. The number of aryl methyl sites for hydroxylation is 2. The van der Waals surface area contributed by atoms with Gasteiger partial charge < -0.3 is 15.0 Å². The van der Waals surface area contributed by atoms with E-state index in [2.05, 4.69) is 27.1 Å². The summed E-state index contributed by atoms with van der Waals surface area (Å²) in [5, 5.41) is 3.68. The summed E-state index contributed by atoms with van der Waals surface area (Å²) in [6.45, 7) is 9.16. The van der Waals surface area contributed by atoms with E-state index in [9.17, 15) is 4.79 Å². The van der Waals surface area contributed by atoms with Gasteiger partial charge in [0.1, 0.15) is 11.6 Å². The third kappa shape index (κ3) is 3.56. The predicted molar refractivity (Wildman–Crippen MR) is 100.0 cm³/mol. The highest BCUT2D eigenvalue weighted by Gasteiger charge is 2.45. The zero-order valence-electron chi connectivity index (χ0n) is 16.1. The molecule has 2 saturated heterocycles. The quantitative estimate of drug-likeness (QED) is 0.896. The molecule has 0 unspecified atom stereocenters. The summed E-state index contributed by atoms with van der Waals surface area (Å²) < 4.78 is 5.42. The van der Waals surface area contributed by atoms with Crippen molar-refractivity contribution in [1.29, 1.82) is 0 Å². The van der Waals surface area contributed by atoms with E-state index in [4.69, 9.17) is 4.74 Å². The molecule has 2 atom stereocenters. The first-order chi connectivity index (χ1) is 12.5. The second-order valence-electron chi connectivity index (χ2n) is 8.21. The number of ether oxygens (including phenoxy) is 1. The standard InChI is InChI=1S/C20H30N4O2/c1-12-13(2)21-14(3)22-19(12)23-18-11-24(10-17(18)15-4-5-15)20(25)16-6-8-26-9-7-16/h15-18H,4-11H2,1-3H3,(H,21,22,23)/t17-,18+/m0/s1. The molecule has 1 amide bonds. The van der Waals surface area contributed by atoms with Crippen molar-refractivity contribution in [1.82, 2.24) is 14.9 Å². The number of carbonyl (C=O) groups is 1. The zero-order valence-corrected chi connectivity index (χ0v) is 16.1. The number of amides is 1. The molecule has 1 aliphatic carbocycles. The average Bonchev–Trinajstić information content (AvgIpc) is 3.40. The summed E-state index contributed by atoms with van der Waals surface area (Å²) in [4.78, 5) is 24.2. The summed E-state index contributed by atoms with van der Waals surface area (Å²) in [7, 11) is 0. The molecule has 4 rings (SSSR count). The van der Waals surface area contributed by atoms with E-state index in [1.807, 2.05) is 13.8 Å². The SMILES string of the molecule is Cc1nc(C)c(C)c(N[C@@H]2CN(C(=O)C3CCOCC3)C[C@H]2C2CC2)n1. The van der Waals surface area contributed by atoms with Gasteiger partial charge in [0, 0.05) is 55.4 Å². The highest BCUT2D eigenvalue weighted by Crippen LogP contribution is 2.42. The third-order valence-corrected chi connectivity index (χ3v) is 6.30. The number of rotatable bonds is 4. The van der Waals surface area contributed by atoms with Gasteiger partial charge in [-0.05, 0) is 52.4 Å². The lowest BCUT2D eigenvalue weighted by molar-refractivity contribution is -0.137. The predicted octanol–water partition coefficient (Wildman–Crippen LogP) is 2.48. The lowest BCUT2D eigenvalue weighted by Gasteiger charge is -2.26. The van der Waals surface area contributed by atoms with Crippen molar-refractivity contribution in [2.75, 3.05) is 31.6 Å². The zero-order chi connectivity index (χ0) is 18.3. The van der Waals surface area contributed by atoms with Gasteiger partial charge >= 0.3 is 0 Å². The van der Waals surface area contributed by atoms with Crippen molar-refractivity contribution in [2.45, 2.75) is 52.5 Å². The number of nitrogens with one attached hydrogen (secondary N) is 1. The Kier molecular flexibility index (Phi) is 4.86. The summed E-state index contributed by atoms with van der Waals surface area (Å²) in [6.07, 6.45) is 4.32. The number of hydrogen-bond donors (Lipinski definition) is 1. The van der Waals surface area contributed by atoms with E-state index in [0.717, 1.165) is 68.0 Å². The molecule has 1 saturated carbocycles. The summed E-state index contributed by atoms with van der Waals surface area (Å²) >= 11 is 0. The van der Waals surface area contributed by atoms with Crippen LogP contribution in [0.1, 0.15) is 42.8 Å². The molecule has 6 nitrogen and oxygen atoms in total. The van der Waals surface area contributed by atoms with Crippen LogP contribution in [-0.2, 0) is 9.53 Å². The molecule has 1 N–H and O–H groups in total. The van der Waals surface area contributed by atoms with Gasteiger partial charge in [0.15, 0.2) is 0 Å². The summed E-state index contributed by atoms with van der Waals surface area (Å²) in [6, 6.07) is 0.290. The Bertz CT molecular complexity index is 683. The highest BCUT2D eigenvalue weighted by atomic mass is 16.5. The summed E-state index contributed by atoms with van der Waals surface area (Å²) in [5.74, 6) is 3.50. The van der Waals surface area contributed by atoms with Crippen LogP contribution in [0.15, 0.2) is 0 Å². The van der Waals surface area contributed by atoms with E-state index in [1.54, 1.807) is 0 Å². The number of nitrogens with zero attached hydrogens (tertiary/aromatic N) is 3. The Balaban J connectivity index is 1.49.